The molecule has 0 radical (unpaired) electrons. The lowest BCUT2D eigenvalue weighted by Crippen LogP contribution is -2.30. The van der Waals surface area contributed by atoms with Gasteiger partial charge in [-0.3, -0.25) is 9.98 Å². The molecule has 3 aromatic rings. The molecule has 3 fully saturated rings. The van der Waals surface area contributed by atoms with Gasteiger partial charge in [-0.05, 0) is 139 Å². The van der Waals surface area contributed by atoms with Gasteiger partial charge in [0, 0.05) is 36.3 Å². The Balaban J connectivity index is 1.07. The molecule has 4 nitrogen and oxygen atoms in total. The first kappa shape index (κ1) is 25.4. The maximum atomic E-state index is 5.06. The molecule has 6 aliphatic rings. The van der Waals surface area contributed by atoms with E-state index in [2.05, 4.69) is 59.2 Å². The number of benzene rings is 3. The predicted octanol–water partition coefficient (Wildman–Crippen LogP) is 7.83. The van der Waals surface area contributed by atoms with Crippen LogP contribution in [0.1, 0.15) is 80.0 Å². The lowest BCUT2D eigenvalue weighted by Gasteiger charge is -2.33. The fourth-order valence-electron chi connectivity index (χ4n) is 9.23. The van der Waals surface area contributed by atoms with Crippen molar-refractivity contribution in [3.8, 4) is 22.3 Å². The number of fused-ring (bicyclic) bond motifs is 3. The van der Waals surface area contributed by atoms with Crippen molar-refractivity contribution in [2.45, 2.75) is 95.6 Å². The maximum absolute atomic E-state index is 5.06. The normalized spacial score (nSPS) is 25.4. The van der Waals surface area contributed by atoms with Gasteiger partial charge in [-0.2, -0.15) is 0 Å². The fourth-order valence-corrected chi connectivity index (χ4v) is 9.23. The van der Waals surface area contributed by atoms with Crippen LogP contribution >= 0.6 is 0 Å². The Morgan fingerprint density at radius 2 is 1.12 bits per heavy atom. The second-order valence-corrected chi connectivity index (χ2v) is 14.1. The molecule has 2 aliphatic carbocycles. The molecule has 2 N–H and O–H groups in total. The average molecular weight is 555 g/mol. The van der Waals surface area contributed by atoms with Crippen LogP contribution in [-0.4, -0.2) is 36.6 Å². The fraction of sp³-hybridized carbons (Fsp3) is 0.474. The number of aliphatic imine (C=N–C) groups is 2. The quantitative estimate of drug-likeness (QED) is 0.345. The minimum Gasteiger partial charge on any atom is -0.309 e. The van der Waals surface area contributed by atoms with Crippen LogP contribution in [0.15, 0.2) is 58.5 Å². The summed E-state index contributed by atoms with van der Waals surface area (Å²) in [7, 11) is 0. The minimum absolute atomic E-state index is 0.452. The molecule has 42 heavy (non-hydrogen) atoms. The Hall–Kier alpha value is -3.08. The van der Waals surface area contributed by atoms with Gasteiger partial charge in [0.25, 0.3) is 0 Å². The monoisotopic (exact) mass is 554 g/mol. The molecule has 2 atom stereocenters. The lowest BCUT2D eigenvalue weighted by molar-refractivity contribution is 0.203. The second kappa shape index (κ2) is 9.99. The number of nitrogens with zero attached hydrogens (tertiary/aromatic N) is 2. The van der Waals surface area contributed by atoms with Crippen molar-refractivity contribution in [1.82, 2.24) is 10.6 Å². The van der Waals surface area contributed by atoms with Crippen molar-refractivity contribution in [1.29, 1.82) is 0 Å². The van der Waals surface area contributed by atoms with E-state index in [0.717, 1.165) is 25.9 Å². The van der Waals surface area contributed by atoms with E-state index in [1.165, 1.54) is 127 Å². The minimum atomic E-state index is 0.452. The summed E-state index contributed by atoms with van der Waals surface area (Å²) in [5.74, 6) is 0. The topological polar surface area (TPSA) is 48.8 Å². The molecule has 4 heteroatoms. The first-order valence-electron chi connectivity index (χ1n) is 16.7. The highest BCUT2D eigenvalue weighted by molar-refractivity contribution is 5.99. The Morgan fingerprint density at radius 1 is 0.595 bits per heavy atom. The third kappa shape index (κ3) is 4.25. The zero-order valence-electron chi connectivity index (χ0n) is 24.8. The largest absolute Gasteiger partial charge is 0.309 e. The summed E-state index contributed by atoms with van der Waals surface area (Å²) in [6.07, 6.45) is 16.4. The summed E-state index contributed by atoms with van der Waals surface area (Å²) < 4.78 is 0. The van der Waals surface area contributed by atoms with Gasteiger partial charge in [-0.25, -0.2) is 0 Å². The van der Waals surface area contributed by atoms with Crippen molar-refractivity contribution >= 4 is 22.8 Å². The Labute approximate surface area is 250 Å². The van der Waals surface area contributed by atoms with Gasteiger partial charge >= 0.3 is 0 Å². The maximum Gasteiger partial charge on any atom is 0.0666 e. The Bertz CT molecular complexity index is 1510. The first-order valence-corrected chi connectivity index (χ1v) is 16.7. The molecule has 2 saturated heterocycles. The summed E-state index contributed by atoms with van der Waals surface area (Å²) in [4.78, 5) is 10.1. The number of nitrogens with one attached hydrogen (secondary N) is 2. The average Bonchev–Trinajstić information content (AvgIpc) is 3.85. The molecule has 214 valence electrons. The van der Waals surface area contributed by atoms with Crippen LogP contribution in [0.5, 0.6) is 0 Å². The standard InChI is InChI=1S/C38H42N4/c1-2-14-38(15-3-1)22-30-28(24-8-12-32-26(18-24)20-36(41-32)34-6-4-16-39-34)10-11-29(31(30)23-38)25-9-13-33-27(19-25)21-37(42-33)35-7-5-17-40-35/h8-13,18-19,34-35,39-40H,1-7,14-17,20-23H2/t34-,35-/m0/s1. The van der Waals surface area contributed by atoms with Crippen molar-refractivity contribution in [3.63, 3.8) is 0 Å². The van der Waals surface area contributed by atoms with E-state index in [1.54, 1.807) is 11.1 Å². The molecule has 3 aromatic carbocycles. The van der Waals surface area contributed by atoms with Gasteiger partial charge in [0.15, 0.2) is 0 Å². The van der Waals surface area contributed by atoms with Gasteiger partial charge in [-0.1, -0.05) is 43.5 Å². The van der Waals surface area contributed by atoms with E-state index in [4.69, 9.17) is 9.98 Å². The molecule has 4 aliphatic heterocycles. The van der Waals surface area contributed by atoms with E-state index in [0.29, 0.717) is 17.5 Å². The summed E-state index contributed by atoms with van der Waals surface area (Å²) >= 11 is 0. The zero-order chi connectivity index (χ0) is 27.7. The summed E-state index contributed by atoms with van der Waals surface area (Å²) in [5, 5.41) is 7.32. The van der Waals surface area contributed by atoms with Crippen LogP contribution < -0.4 is 10.6 Å². The van der Waals surface area contributed by atoms with Crippen LogP contribution in [0.2, 0.25) is 0 Å². The summed E-state index contributed by atoms with van der Waals surface area (Å²) in [6.45, 7) is 2.25. The van der Waals surface area contributed by atoms with Gasteiger partial charge in [0.05, 0.1) is 11.4 Å². The van der Waals surface area contributed by atoms with Crippen LogP contribution in [0.3, 0.4) is 0 Å². The molecule has 0 unspecified atom stereocenters. The molecule has 4 heterocycles. The van der Waals surface area contributed by atoms with E-state index in [1.807, 2.05) is 0 Å². The smallest absolute Gasteiger partial charge is 0.0666 e. The van der Waals surface area contributed by atoms with Crippen molar-refractivity contribution in [2.24, 2.45) is 15.4 Å². The summed E-state index contributed by atoms with van der Waals surface area (Å²) in [5.41, 5.74) is 17.3. The summed E-state index contributed by atoms with van der Waals surface area (Å²) in [6, 6.07) is 20.0. The van der Waals surface area contributed by atoms with Crippen LogP contribution in [0.25, 0.3) is 22.3 Å². The third-order valence-corrected chi connectivity index (χ3v) is 11.4. The lowest BCUT2D eigenvalue weighted by atomic mass is 9.72. The van der Waals surface area contributed by atoms with Crippen molar-refractivity contribution < 1.29 is 0 Å². The molecule has 1 spiro atoms. The van der Waals surface area contributed by atoms with E-state index < -0.39 is 0 Å². The number of rotatable bonds is 4. The van der Waals surface area contributed by atoms with E-state index in [-0.39, 0.29) is 0 Å². The first-order chi connectivity index (χ1) is 20.7. The van der Waals surface area contributed by atoms with E-state index >= 15 is 0 Å². The van der Waals surface area contributed by atoms with Crippen LogP contribution in [0, 0.1) is 5.41 Å². The van der Waals surface area contributed by atoms with Crippen LogP contribution in [0.4, 0.5) is 11.4 Å². The van der Waals surface area contributed by atoms with Crippen LogP contribution in [-0.2, 0) is 25.7 Å². The predicted molar refractivity (Wildman–Crippen MR) is 174 cm³/mol. The molecular weight excluding hydrogens is 512 g/mol. The second-order valence-electron chi connectivity index (χ2n) is 14.1. The number of hydrogen-bond acceptors (Lipinski definition) is 4. The molecular formula is C38H42N4. The van der Waals surface area contributed by atoms with E-state index in [9.17, 15) is 0 Å². The number of hydrogen-bond donors (Lipinski definition) is 2. The third-order valence-electron chi connectivity index (χ3n) is 11.4. The molecule has 9 rings (SSSR count). The van der Waals surface area contributed by atoms with Crippen molar-refractivity contribution in [2.75, 3.05) is 13.1 Å². The molecule has 0 bridgehead atoms. The Kier molecular flexibility index (Phi) is 6.05. The van der Waals surface area contributed by atoms with Gasteiger partial charge in [0.1, 0.15) is 0 Å². The highest BCUT2D eigenvalue weighted by atomic mass is 15.0. The van der Waals surface area contributed by atoms with Gasteiger partial charge in [-0.15, -0.1) is 0 Å². The molecule has 0 aromatic heterocycles. The highest BCUT2D eigenvalue weighted by Gasteiger charge is 2.40. The highest BCUT2D eigenvalue weighted by Crippen LogP contribution is 2.52. The van der Waals surface area contributed by atoms with Crippen molar-refractivity contribution in [3.05, 3.63) is 70.8 Å². The zero-order valence-corrected chi connectivity index (χ0v) is 24.8. The molecule has 0 amide bonds. The SMILES string of the molecule is c1cc2c(cc1-c1ccc(-c3ccc4c(c3)CC([C@@H]3CCCN3)=N4)c3c1CC1(CCCCC1)C3)CC([C@@H]1CCCN1)=N2. The Morgan fingerprint density at radius 3 is 1.60 bits per heavy atom. The van der Waals surface area contributed by atoms with Gasteiger partial charge in [0.2, 0.25) is 0 Å². The van der Waals surface area contributed by atoms with Gasteiger partial charge < -0.3 is 10.6 Å². The molecule has 1 saturated carbocycles.